The lowest BCUT2D eigenvalue weighted by Crippen LogP contribution is -2.39. The van der Waals surface area contributed by atoms with Gasteiger partial charge in [0.2, 0.25) is 0 Å². The number of hydrogen-bond acceptors (Lipinski definition) is 3. The summed E-state index contributed by atoms with van der Waals surface area (Å²) in [6.45, 7) is 8.29. The first-order valence-corrected chi connectivity index (χ1v) is 9.73. The summed E-state index contributed by atoms with van der Waals surface area (Å²) in [5.74, 6) is -2.65. The number of benzene rings is 1. The molecule has 156 valence electrons. The third kappa shape index (κ3) is 6.03. The second-order valence-electron chi connectivity index (χ2n) is 8.86. The number of rotatable bonds is 5. The summed E-state index contributed by atoms with van der Waals surface area (Å²) in [7, 11) is 3.55. The van der Waals surface area contributed by atoms with E-state index in [1.807, 2.05) is 26.8 Å². The van der Waals surface area contributed by atoms with Gasteiger partial charge in [0.1, 0.15) is 5.60 Å². The number of nitrogens with zero attached hydrogens (tertiary/aromatic N) is 2. The van der Waals surface area contributed by atoms with Crippen LogP contribution in [0.5, 0.6) is 0 Å². The lowest BCUT2D eigenvalue weighted by atomic mass is 9.96. The van der Waals surface area contributed by atoms with E-state index in [4.69, 9.17) is 4.74 Å². The molecule has 0 saturated carbocycles. The van der Waals surface area contributed by atoms with Crippen LogP contribution >= 0.6 is 0 Å². The molecule has 1 aliphatic rings. The molecule has 0 fully saturated rings. The maximum Gasteiger partial charge on any atom is 0.414 e. The molecule has 1 unspecified atom stereocenters. The molecular weight excluding hydrogens is 362 g/mol. The van der Waals surface area contributed by atoms with Crippen LogP contribution in [0.1, 0.15) is 51.7 Å². The van der Waals surface area contributed by atoms with Crippen LogP contribution in [-0.4, -0.2) is 48.7 Å². The summed E-state index contributed by atoms with van der Waals surface area (Å²) in [4.78, 5) is 16.0. The maximum atomic E-state index is 14.7. The van der Waals surface area contributed by atoms with Crippen molar-refractivity contribution in [2.75, 3.05) is 27.2 Å². The summed E-state index contributed by atoms with van der Waals surface area (Å²) in [6.07, 6.45) is 2.02. The van der Waals surface area contributed by atoms with E-state index in [0.29, 0.717) is 24.4 Å². The van der Waals surface area contributed by atoms with E-state index in [1.54, 1.807) is 36.0 Å². The molecule has 1 aliphatic heterocycles. The zero-order valence-corrected chi connectivity index (χ0v) is 17.8. The van der Waals surface area contributed by atoms with Gasteiger partial charge in [-0.1, -0.05) is 31.2 Å². The zero-order valence-electron chi connectivity index (χ0n) is 17.8. The summed E-state index contributed by atoms with van der Waals surface area (Å²) >= 11 is 0. The summed E-state index contributed by atoms with van der Waals surface area (Å²) < 4.78 is 34.8. The zero-order chi connectivity index (χ0) is 21.1. The topological polar surface area (TPSA) is 32.8 Å². The average molecular weight is 395 g/mol. The van der Waals surface area contributed by atoms with Gasteiger partial charge >= 0.3 is 6.09 Å². The Kier molecular flexibility index (Phi) is 6.86. The molecule has 0 aliphatic carbocycles. The molecule has 2 rings (SSSR count). The lowest BCUT2D eigenvalue weighted by molar-refractivity contribution is -0.0187. The van der Waals surface area contributed by atoms with Crippen molar-refractivity contribution in [3.8, 4) is 0 Å². The Hall–Kier alpha value is -1.95. The molecule has 1 atom stereocenters. The molecule has 1 aromatic rings. The second-order valence-corrected chi connectivity index (χ2v) is 8.86. The van der Waals surface area contributed by atoms with Crippen molar-refractivity contribution in [1.29, 1.82) is 0 Å². The van der Waals surface area contributed by atoms with Crippen LogP contribution in [0.2, 0.25) is 0 Å². The molecule has 4 nitrogen and oxygen atoms in total. The number of ether oxygens (including phenoxy) is 1. The first kappa shape index (κ1) is 22.3. The maximum absolute atomic E-state index is 14.7. The van der Waals surface area contributed by atoms with Crippen molar-refractivity contribution in [2.45, 2.75) is 52.1 Å². The van der Waals surface area contributed by atoms with Crippen molar-refractivity contribution in [2.24, 2.45) is 5.92 Å². The normalized spacial score (nSPS) is 18.2. The van der Waals surface area contributed by atoms with Gasteiger partial charge in [0, 0.05) is 25.1 Å². The lowest BCUT2D eigenvalue weighted by Gasteiger charge is -2.34. The summed E-state index contributed by atoms with van der Waals surface area (Å²) in [5.41, 5.74) is 0.595. The minimum atomic E-state index is -2.93. The molecular formula is C22H32F2N2O2. The SMILES string of the molecule is CC1CC=C(c2cccc(C(F)(F)CCN(C)C)c2)N(C(=O)OC(C)(C)C)C1. The molecule has 6 heteroatoms. The smallest absolute Gasteiger partial charge is 0.414 e. The van der Waals surface area contributed by atoms with E-state index in [9.17, 15) is 13.6 Å². The summed E-state index contributed by atoms with van der Waals surface area (Å²) in [5, 5.41) is 0. The average Bonchev–Trinajstić information content (AvgIpc) is 2.58. The van der Waals surface area contributed by atoms with E-state index in [2.05, 4.69) is 6.92 Å². The highest BCUT2D eigenvalue weighted by Gasteiger charge is 2.33. The van der Waals surface area contributed by atoms with E-state index in [-0.39, 0.29) is 17.9 Å². The van der Waals surface area contributed by atoms with Crippen molar-refractivity contribution in [3.05, 3.63) is 41.5 Å². The molecule has 1 aromatic carbocycles. The molecule has 1 heterocycles. The van der Waals surface area contributed by atoms with Crippen LogP contribution in [-0.2, 0) is 10.7 Å². The Labute approximate surface area is 167 Å². The van der Waals surface area contributed by atoms with Crippen LogP contribution in [0.3, 0.4) is 0 Å². The Bertz CT molecular complexity index is 723. The Morgan fingerprint density at radius 3 is 2.57 bits per heavy atom. The van der Waals surface area contributed by atoms with E-state index in [1.165, 1.54) is 12.1 Å². The van der Waals surface area contributed by atoms with Gasteiger partial charge in [-0.25, -0.2) is 13.6 Å². The first-order valence-electron chi connectivity index (χ1n) is 9.73. The fourth-order valence-corrected chi connectivity index (χ4v) is 3.09. The molecule has 1 amide bonds. The van der Waals surface area contributed by atoms with Gasteiger partial charge in [-0.05, 0) is 58.8 Å². The quantitative estimate of drug-likeness (QED) is 0.675. The van der Waals surface area contributed by atoms with Crippen LogP contribution in [0.15, 0.2) is 30.3 Å². The van der Waals surface area contributed by atoms with E-state index >= 15 is 0 Å². The predicted molar refractivity (Wildman–Crippen MR) is 108 cm³/mol. The highest BCUT2D eigenvalue weighted by atomic mass is 19.3. The second kappa shape index (κ2) is 8.60. The molecule has 0 saturated heterocycles. The van der Waals surface area contributed by atoms with Crippen LogP contribution in [0, 0.1) is 5.92 Å². The first-order chi connectivity index (χ1) is 12.9. The van der Waals surface area contributed by atoms with E-state index < -0.39 is 17.6 Å². The van der Waals surface area contributed by atoms with Gasteiger partial charge in [0.25, 0.3) is 5.92 Å². The standard InChI is InChI=1S/C22H32F2N2O2/c1-16-10-11-19(26(15-16)20(27)28-21(2,3)4)17-8-7-9-18(14-17)22(23,24)12-13-25(5)6/h7-9,11,14,16H,10,12-13,15H2,1-6H3. The monoisotopic (exact) mass is 394 g/mol. The molecule has 0 bridgehead atoms. The third-order valence-corrected chi connectivity index (χ3v) is 4.57. The van der Waals surface area contributed by atoms with E-state index in [0.717, 1.165) is 6.42 Å². The Morgan fingerprint density at radius 1 is 1.29 bits per heavy atom. The fourth-order valence-electron chi connectivity index (χ4n) is 3.09. The van der Waals surface area contributed by atoms with Crippen molar-refractivity contribution in [3.63, 3.8) is 0 Å². The molecule has 0 N–H and O–H groups in total. The minimum absolute atomic E-state index is 0.0319. The highest BCUT2D eigenvalue weighted by Crippen LogP contribution is 2.35. The minimum Gasteiger partial charge on any atom is -0.443 e. The van der Waals surface area contributed by atoms with Gasteiger partial charge in [-0.2, -0.15) is 0 Å². The van der Waals surface area contributed by atoms with Crippen molar-refractivity contribution in [1.82, 2.24) is 9.80 Å². The van der Waals surface area contributed by atoms with Gasteiger partial charge in [0.05, 0.1) is 5.70 Å². The van der Waals surface area contributed by atoms with Crippen molar-refractivity contribution >= 4 is 11.8 Å². The van der Waals surface area contributed by atoms with Gasteiger partial charge in [0.15, 0.2) is 0 Å². The number of carbonyl (C=O) groups excluding carboxylic acids is 1. The fraction of sp³-hybridized carbons (Fsp3) is 0.591. The number of hydrogen-bond donors (Lipinski definition) is 0. The molecule has 0 radical (unpaired) electrons. The number of carbonyl (C=O) groups is 1. The molecule has 0 spiro atoms. The largest absolute Gasteiger partial charge is 0.443 e. The Morgan fingerprint density at radius 2 is 1.96 bits per heavy atom. The number of allylic oxidation sites excluding steroid dienone is 1. The summed E-state index contributed by atoms with van der Waals surface area (Å²) in [6, 6.07) is 6.34. The van der Waals surface area contributed by atoms with Crippen molar-refractivity contribution < 1.29 is 18.3 Å². The van der Waals surface area contributed by atoms with Gasteiger partial charge < -0.3 is 9.64 Å². The third-order valence-electron chi connectivity index (χ3n) is 4.57. The predicted octanol–water partition coefficient (Wildman–Crippen LogP) is 5.35. The molecule has 28 heavy (non-hydrogen) atoms. The number of alkyl halides is 2. The number of halogens is 2. The van der Waals surface area contributed by atoms with Crippen LogP contribution < -0.4 is 0 Å². The Balaban J connectivity index is 2.32. The highest BCUT2D eigenvalue weighted by molar-refractivity contribution is 5.83. The van der Waals surface area contributed by atoms with Crippen LogP contribution in [0.25, 0.3) is 5.70 Å². The number of amides is 1. The van der Waals surface area contributed by atoms with Gasteiger partial charge in [-0.3, -0.25) is 4.90 Å². The van der Waals surface area contributed by atoms with Gasteiger partial charge in [-0.15, -0.1) is 0 Å². The molecule has 0 aromatic heterocycles. The van der Waals surface area contributed by atoms with Crippen LogP contribution in [0.4, 0.5) is 13.6 Å².